The number of benzene rings is 1. The first kappa shape index (κ1) is 10.8. The number of anilines is 1. The van der Waals surface area contributed by atoms with E-state index in [4.69, 9.17) is 15.6 Å². The zero-order valence-electron chi connectivity index (χ0n) is 7.87. The Labute approximate surface area is 82.3 Å². The van der Waals surface area contributed by atoms with Gasteiger partial charge >= 0.3 is 0 Å². The fourth-order valence-electron chi connectivity index (χ4n) is 1.03. The van der Waals surface area contributed by atoms with Crippen LogP contribution in [0.3, 0.4) is 0 Å². The number of nitrogen functional groups attached to an aromatic ring is 1. The fourth-order valence-corrected chi connectivity index (χ4v) is 1.03. The zero-order chi connectivity index (χ0) is 10.4. The molecule has 1 aliphatic heterocycles. The van der Waals surface area contributed by atoms with Crippen LogP contribution in [-0.4, -0.2) is 18.3 Å². The van der Waals surface area contributed by atoms with Crippen LogP contribution in [0.2, 0.25) is 0 Å². The molecule has 0 aliphatic carbocycles. The van der Waals surface area contributed by atoms with Crippen LogP contribution in [-0.2, 0) is 4.74 Å². The SMILES string of the molecule is C1CCOC1.Nc1ccc(O)c(F)c1. The van der Waals surface area contributed by atoms with E-state index < -0.39 is 5.82 Å². The number of aromatic hydroxyl groups is 1. The van der Waals surface area contributed by atoms with Crippen molar-refractivity contribution in [1.82, 2.24) is 0 Å². The predicted octanol–water partition coefficient (Wildman–Crippen LogP) is 1.91. The zero-order valence-corrected chi connectivity index (χ0v) is 7.87. The summed E-state index contributed by atoms with van der Waals surface area (Å²) in [7, 11) is 0. The van der Waals surface area contributed by atoms with E-state index in [1.54, 1.807) is 0 Å². The molecule has 0 amide bonds. The number of rotatable bonds is 0. The van der Waals surface area contributed by atoms with Crippen molar-refractivity contribution < 1.29 is 14.2 Å². The van der Waals surface area contributed by atoms with Gasteiger partial charge in [0.05, 0.1) is 0 Å². The van der Waals surface area contributed by atoms with Crippen molar-refractivity contribution in [3.8, 4) is 5.75 Å². The van der Waals surface area contributed by atoms with Crippen molar-refractivity contribution in [2.45, 2.75) is 12.8 Å². The monoisotopic (exact) mass is 199 g/mol. The highest BCUT2D eigenvalue weighted by atomic mass is 19.1. The van der Waals surface area contributed by atoms with Crippen LogP contribution in [0.15, 0.2) is 18.2 Å². The summed E-state index contributed by atoms with van der Waals surface area (Å²) in [5.74, 6) is -1.06. The molecule has 2 rings (SSSR count). The average Bonchev–Trinajstić information content (AvgIpc) is 2.69. The van der Waals surface area contributed by atoms with Gasteiger partial charge in [0.1, 0.15) is 0 Å². The van der Waals surface area contributed by atoms with Crippen molar-refractivity contribution in [2.75, 3.05) is 18.9 Å². The van der Waals surface area contributed by atoms with E-state index in [9.17, 15) is 4.39 Å². The Hall–Kier alpha value is -1.29. The summed E-state index contributed by atoms with van der Waals surface area (Å²) >= 11 is 0. The topological polar surface area (TPSA) is 55.5 Å². The minimum absolute atomic E-state index is 0.310. The van der Waals surface area contributed by atoms with Gasteiger partial charge in [0, 0.05) is 25.0 Å². The Bertz CT molecular complexity index is 280. The Morgan fingerprint density at radius 2 is 1.93 bits per heavy atom. The first-order valence-electron chi connectivity index (χ1n) is 4.52. The lowest BCUT2D eigenvalue weighted by Gasteiger charge is -1.93. The summed E-state index contributed by atoms with van der Waals surface area (Å²) in [6, 6.07) is 3.71. The Morgan fingerprint density at radius 1 is 1.29 bits per heavy atom. The Kier molecular flexibility index (Phi) is 4.19. The maximum absolute atomic E-state index is 12.2. The van der Waals surface area contributed by atoms with Crippen molar-refractivity contribution in [3.05, 3.63) is 24.0 Å². The highest BCUT2D eigenvalue weighted by Crippen LogP contribution is 2.16. The standard InChI is InChI=1S/C6H6FNO.C4H8O/c7-5-3-4(8)1-2-6(5)9;1-2-4-5-3-1/h1-3,9H,8H2;1-4H2. The molecule has 4 heteroatoms. The molecule has 1 aromatic carbocycles. The molecule has 1 aliphatic rings. The van der Waals surface area contributed by atoms with Gasteiger partial charge in [0.25, 0.3) is 0 Å². The van der Waals surface area contributed by atoms with Crippen LogP contribution in [0.4, 0.5) is 10.1 Å². The van der Waals surface area contributed by atoms with Gasteiger partial charge in [-0.25, -0.2) is 4.39 Å². The summed E-state index contributed by atoms with van der Waals surface area (Å²) in [6.07, 6.45) is 2.56. The van der Waals surface area contributed by atoms with Crippen LogP contribution in [0.1, 0.15) is 12.8 Å². The lowest BCUT2D eigenvalue weighted by atomic mass is 10.3. The van der Waals surface area contributed by atoms with Crippen molar-refractivity contribution in [2.24, 2.45) is 0 Å². The number of hydrogen-bond acceptors (Lipinski definition) is 3. The van der Waals surface area contributed by atoms with Gasteiger partial charge in [0.2, 0.25) is 0 Å². The molecule has 1 fully saturated rings. The average molecular weight is 199 g/mol. The minimum atomic E-state index is -0.685. The first-order valence-corrected chi connectivity index (χ1v) is 4.52. The van der Waals surface area contributed by atoms with E-state index in [2.05, 4.69) is 0 Å². The second-order valence-electron chi connectivity index (χ2n) is 3.03. The molecule has 1 aromatic rings. The quantitative estimate of drug-likeness (QED) is 0.495. The van der Waals surface area contributed by atoms with E-state index in [0.717, 1.165) is 19.3 Å². The van der Waals surface area contributed by atoms with Crippen molar-refractivity contribution in [1.29, 1.82) is 0 Å². The largest absolute Gasteiger partial charge is 0.505 e. The van der Waals surface area contributed by atoms with Gasteiger partial charge < -0.3 is 15.6 Å². The summed E-state index contributed by atoms with van der Waals surface area (Å²) < 4.78 is 17.2. The van der Waals surface area contributed by atoms with E-state index in [1.165, 1.54) is 25.0 Å². The number of halogens is 1. The van der Waals surface area contributed by atoms with Gasteiger partial charge in [-0.05, 0) is 25.0 Å². The molecule has 0 saturated carbocycles. The van der Waals surface area contributed by atoms with Crippen LogP contribution in [0, 0.1) is 5.82 Å². The Morgan fingerprint density at radius 3 is 2.29 bits per heavy atom. The lowest BCUT2D eigenvalue weighted by Crippen LogP contribution is -1.84. The fraction of sp³-hybridized carbons (Fsp3) is 0.400. The molecule has 1 saturated heterocycles. The minimum Gasteiger partial charge on any atom is -0.505 e. The Balaban J connectivity index is 0.000000165. The molecule has 14 heavy (non-hydrogen) atoms. The molecule has 3 N–H and O–H groups in total. The molecule has 0 spiro atoms. The smallest absolute Gasteiger partial charge is 0.166 e. The molecular formula is C10H14FNO2. The number of ether oxygens (including phenoxy) is 1. The summed E-state index contributed by atoms with van der Waals surface area (Å²) in [6.45, 7) is 2.00. The van der Waals surface area contributed by atoms with Gasteiger partial charge in [0.15, 0.2) is 11.6 Å². The number of phenols is 1. The van der Waals surface area contributed by atoms with Crippen LogP contribution < -0.4 is 5.73 Å². The molecule has 0 radical (unpaired) electrons. The molecule has 0 bridgehead atoms. The molecular weight excluding hydrogens is 185 g/mol. The van der Waals surface area contributed by atoms with E-state index >= 15 is 0 Å². The van der Waals surface area contributed by atoms with Gasteiger partial charge in [-0.15, -0.1) is 0 Å². The van der Waals surface area contributed by atoms with Crippen LogP contribution >= 0.6 is 0 Å². The molecule has 0 aromatic heterocycles. The summed E-state index contributed by atoms with van der Waals surface area (Å²) in [5.41, 5.74) is 5.49. The normalized spacial score (nSPS) is 14.6. The highest BCUT2D eigenvalue weighted by molar-refractivity contribution is 5.42. The van der Waals surface area contributed by atoms with Crippen molar-refractivity contribution >= 4 is 5.69 Å². The third-order valence-corrected chi connectivity index (χ3v) is 1.80. The molecule has 78 valence electrons. The number of phenolic OH excluding ortho intramolecular Hbond substituents is 1. The molecule has 3 nitrogen and oxygen atoms in total. The van der Waals surface area contributed by atoms with E-state index in [-0.39, 0.29) is 5.75 Å². The van der Waals surface area contributed by atoms with Gasteiger partial charge in [-0.1, -0.05) is 0 Å². The highest BCUT2D eigenvalue weighted by Gasteiger charge is 1.96. The molecule has 0 atom stereocenters. The lowest BCUT2D eigenvalue weighted by molar-refractivity contribution is 0.198. The van der Waals surface area contributed by atoms with Crippen LogP contribution in [0.5, 0.6) is 5.75 Å². The third kappa shape index (κ3) is 3.62. The van der Waals surface area contributed by atoms with Crippen LogP contribution in [0.25, 0.3) is 0 Å². The van der Waals surface area contributed by atoms with E-state index in [1.807, 2.05) is 0 Å². The maximum atomic E-state index is 12.2. The second-order valence-corrected chi connectivity index (χ2v) is 3.03. The van der Waals surface area contributed by atoms with Gasteiger partial charge in [-0.2, -0.15) is 0 Å². The summed E-state index contributed by atoms with van der Waals surface area (Å²) in [5, 5.41) is 8.61. The first-order chi connectivity index (χ1) is 6.70. The van der Waals surface area contributed by atoms with Crippen molar-refractivity contribution in [3.63, 3.8) is 0 Å². The predicted molar refractivity (Wildman–Crippen MR) is 52.5 cm³/mol. The number of hydrogen-bond donors (Lipinski definition) is 2. The third-order valence-electron chi connectivity index (χ3n) is 1.80. The van der Waals surface area contributed by atoms with Gasteiger partial charge in [-0.3, -0.25) is 0 Å². The maximum Gasteiger partial charge on any atom is 0.166 e. The summed E-state index contributed by atoms with van der Waals surface area (Å²) in [4.78, 5) is 0. The molecule has 1 heterocycles. The second kappa shape index (κ2) is 5.44. The number of nitrogens with two attached hydrogens (primary N) is 1. The molecule has 0 unspecified atom stereocenters. The van der Waals surface area contributed by atoms with E-state index in [0.29, 0.717) is 5.69 Å².